The van der Waals surface area contributed by atoms with Crippen LogP contribution in [-0.4, -0.2) is 47.8 Å². The molecule has 1 saturated heterocycles. The van der Waals surface area contributed by atoms with Crippen LogP contribution in [0.2, 0.25) is 5.15 Å². The summed E-state index contributed by atoms with van der Waals surface area (Å²) in [5.41, 5.74) is 0. The van der Waals surface area contributed by atoms with E-state index < -0.39 is 32.2 Å². The third-order valence-electron chi connectivity index (χ3n) is 3.19. The van der Waals surface area contributed by atoms with Gasteiger partial charge >= 0.3 is 6.09 Å². The predicted molar refractivity (Wildman–Crippen MR) is 69.0 cm³/mol. The summed E-state index contributed by atoms with van der Waals surface area (Å²) in [5.74, 6) is -0.918. The van der Waals surface area contributed by atoms with Gasteiger partial charge in [-0.3, -0.25) is 0 Å². The van der Waals surface area contributed by atoms with Crippen LogP contribution < -0.4 is 0 Å². The molecule has 1 atom stereocenters. The Bertz CT molecular complexity index is 637. The van der Waals surface area contributed by atoms with Crippen molar-refractivity contribution in [2.75, 3.05) is 13.1 Å². The maximum atomic E-state index is 13.3. The van der Waals surface area contributed by atoms with Crippen molar-refractivity contribution in [3.63, 3.8) is 0 Å². The van der Waals surface area contributed by atoms with Gasteiger partial charge in [0.05, 0.1) is 10.1 Å². The summed E-state index contributed by atoms with van der Waals surface area (Å²) < 4.78 is 38.0. The molecule has 0 bridgehead atoms. The lowest BCUT2D eigenvalue weighted by Crippen LogP contribution is -2.44. The van der Waals surface area contributed by atoms with Crippen LogP contribution in [0.4, 0.5) is 9.18 Å². The standard InChI is InChI=1S/C11H12ClFN2O4S/c12-10-9(13)4-8(5-14-10)20(18,19)7-2-1-3-15(6-7)11(16)17/h4-5,7H,1-3,6H2,(H,16,17)/t7-/m1/s1. The molecule has 1 fully saturated rings. The van der Waals surface area contributed by atoms with E-state index >= 15 is 0 Å². The van der Waals surface area contributed by atoms with Gasteiger partial charge in [-0.25, -0.2) is 22.6 Å². The van der Waals surface area contributed by atoms with E-state index in [2.05, 4.69) is 4.98 Å². The number of piperidine rings is 1. The minimum Gasteiger partial charge on any atom is -0.465 e. The highest BCUT2D eigenvalue weighted by Crippen LogP contribution is 2.25. The second-order valence-corrected chi connectivity index (χ2v) is 7.07. The zero-order valence-corrected chi connectivity index (χ0v) is 11.9. The third-order valence-corrected chi connectivity index (χ3v) is 5.61. The molecule has 0 spiro atoms. The van der Waals surface area contributed by atoms with Gasteiger partial charge in [0.2, 0.25) is 0 Å². The molecule has 0 unspecified atom stereocenters. The average Bonchev–Trinajstić information content (AvgIpc) is 2.42. The van der Waals surface area contributed by atoms with Gasteiger partial charge in [-0.1, -0.05) is 11.6 Å². The molecule has 0 aromatic carbocycles. The summed E-state index contributed by atoms with van der Waals surface area (Å²) in [6.45, 7) is 0.177. The predicted octanol–water partition coefficient (Wildman–Crippen LogP) is 1.79. The van der Waals surface area contributed by atoms with E-state index in [1.165, 1.54) is 0 Å². The highest BCUT2D eigenvalue weighted by molar-refractivity contribution is 7.92. The molecule has 0 aliphatic carbocycles. The normalized spacial score (nSPS) is 19.9. The van der Waals surface area contributed by atoms with Crippen molar-refractivity contribution in [2.24, 2.45) is 0 Å². The molecule has 2 heterocycles. The number of halogens is 2. The molecule has 0 saturated carbocycles. The summed E-state index contributed by atoms with van der Waals surface area (Å²) in [6, 6.07) is 0.810. The number of hydrogen-bond donors (Lipinski definition) is 1. The maximum absolute atomic E-state index is 13.3. The lowest BCUT2D eigenvalue weighted by molar-refractivity contribution is 0.136. The molecule has 2 rings (SSSR count). The first-order chi connectivity index (χ1) is 9.32. The van der Waals surface area contributed by atoms with Gasteiger partial charge in [-0.15, -0.1) is 0 Å². The molecule has 20 heavy (non-hydrogen) atoms. The number of pyridine rings is 1. The Kier molecular flexibility index (Phi) is 4.14. The molecule has 1 aliphatic rings. The van der Waals surface area contributed by atoms with Crippen molar-refractivity contribution >= 4 is 27.5 Å². The lowest BCUT2D eigenvalue weighted by atomic mass is 10.1. The van der Waals surface area contributed by atoms with Gasteiger partial charge < -0.3 is 10.0 Å². The monoisotopic (exact) mass is 322 g/mol. The molecular formula is C11H12ClFN2O4S. The molecule has 9 heteroatoms. The molecule has 1 amide bonds. The Morgan fingerprint density at radius 1 is 1.55 bits per heavy atom. The number of carboxylic acid groups (broad SMARTS) is 1. The Hall–Kier alpha value is -1.41. The summed E-state index contributed by atoms with van der Waals surface area (Å²) in [7, 11) is -3.83. The summed E-state index contributed by atoms with van der Waals surface area (Å²) in [5, 5.41) is 7.62. The van der Waals surface area contributed by atoms with Crippen LogP contribution in [-0.2, 0) is 9.84 Å². The van der Waals surface area contributed by atoms with E-state index in [-0.39, 0.29) is 11.4 Å². The van der Waals surface area contributed by atoms with Crippen molar-refractivity contribution in [1.29, 1.82) is 0 Å². The summed E-state index contributed by atoms with van der Waals surface area (Å²) >= 11 is 5.41. The Morgan fingerprint density at radius 2 is 2.25 bits per heavy atom. The van der Waals surface area contributed by atoms with E-state index in [0.717, 1.165) is 17.2 Å². The zero-order chi connectivity index (χ0) is 14.9. The van der Waals surface area contributed by atoms with Gasteiger partial charge in [-0.2, -0.15) is 0 Å². The Balaban J connectivity index is 2.29. The van der Waals surface area contributed by atoms with E-state index in [1.807, 2.05) is 0 Å². The number of sulfone groups is 1. The van der Waals surface area contributed by atoms with Crippen molar-refractivity contribution in [2.45, 2.75) is 23.0 Å². The minimum atomic E-state index is -3.83. The Morgan fingerprint density at radius 3 is 2.85 bits per heavy atom. The van der Waals surface area contributed by atoms with Crippen molar-refractivity contribution in [3.8, 4) is 0 Å². The van der Waals surface area contributed by atoms with Crippen molar-refractivity contribution < 1.29 is 22.7 Å². The largest absolute Gasteiger partial charge is 0.465 e. The van der Waals surface area contributed by atoms with Gasteiger partial charge in [-0.05, 0) is 18.9 Å². The SMILES string of the molecule is O=C(O)N1CCC[C@@H](S(=O)(=O)c2cnc(Cl)c(F)c2)C1. The minimum absolute atomic E-state index is 0.123. The second kappa shape index (κ2) is 5.53. The fraction of sp³-hybridized carbons (Fsp3) is 0.455. The first-order valence-electron chi connectivity index (χ1n) is 5.85. The number of aromatic nitrogens is 1. The van der Waals surface area contributed by atoms with Crippen LogP contribution in [0.1, 0.15) is 12.8 Å². The van der Waals surface area contributed by atoms with Crippen LogP contribution in [0.3, 0.4) is 0 Å². The zero-order valence-electron chi connectivity index (χ0n) is 10.3. The van der Waals surface area contributed by atoms with Crippen LogP contribution in [0.5, 0.6) is 0 Å². The summed E-state index contributed by atoms with van der Waals surface area (Å²) in [6.07, 6.45) is 0.599. The second-order valence-electron chi connectivity index (χ2n) is 4.48. The number of likely N-dealkylation sites (tertiary alicyclic amines) is 1. The smallest absolute Gasteiger partial charge is 0.407 e. The van der Waals surface area contributed by atoms with Crippen LogP contribution in [0.15, 0.2) is 17.2 Å². The van der Waals surface area contributed by atoms with E-state index in [1.54, 1.807) is 0 Å². The van der Waals surface area contributed by atoms with Gasteiger partial charge in [0.1, 0.15) is 0 Å². The molecule has 1 N–H and O–H groups in total. The molecule has 110 valence electrons. The topological polar surface area (TPSA) is 87.6 Å². The van der Waals surface area contributed by atoms with Gasteiger partial charge in [0.15, 0.2) is 20.8 Å². The van der Waals surface area contributed by atoms with Crippen LogP contribution >= 0.6 is 11.6 Å². The van der Waals surface area contributed by atoms with Gasteiger partial charge in [0, 0.05) is 19.3 Å². The average molecular weight is 323 g/mol. The maximum Gasteiger partial charge on any atom is 0.407 e. The van der Waals surface area contributed by atoms with E-state index in [4.69, 9.17) is 16.7 Å². The fourth-order valence-corrected chi connectivity index (χ4v) is 3.93. The quantitative estimate of drug-likeness (QED) is 0.839. The fourth-order valence-electron chi connectivity index (χ4n) is 2.12. The van der Waals surface area contributed by atoms with Crippen molar-refractivity contribution in [3.05, 3.63) is 23.2 Å². The number of hydrogen-bond acceptors (Lipinski definition) is 4. The summed E-state index contributed by atoms with van der Waals surface area (Å²) in [4.78, 5) is 15.1. The number of rotatable bonds is 2. The van der Waals surface area contributed by atoms with E-state index in [0.29, 0.717) is 19.4 Å². The van der Waals surface area contributed by atoms with Crippen molar-refractivity contribution in [1.82, 2.24) is 9.88 Å². The lowest BCUT2D eigenvalue weighted by Gasteiger charge is -2.30. The molecule has 1 aliphatic heterocycles. The third kappa shape index (κ3) is 2.85. The molecular weight excluding hydrogens is 311 g/mol. The van der Waals surface area contributed by atoms with Crippen LogP contribution in [0.25, 0.3) is 0 Å². The van der Waals surface area contributed by atoms with E-state index in [9.17, 15) is 17.6 Å². The first kappa shape index (κ1) is 15.0. The highest BCUT2D eigenvalue weighted by atomic mass is 35.5. The molecule has 1 aromatic rings. The first-order valence-corrected chi connectivity index (χ1v) is 7.77. The number of carbonyl (C=O) groups is 1. The highest BCUT2D eigenvalue weighted by Gasteiger charge is 2.34. The molecule has 6 nitrogen and oxygen atoms in total. The van der Waals surface area contributed by atoms with Crippen LogP contribution in [0, 0.1) is 5.82 Å². The van der Waals surface area contributed by atoms with Gasteiger partial charge in [0.25, 0.3) is 0 Å². The Labute approximate surface area is 120 Å². The number of amides is 1. The molecule has 1 aromatic heterocycles. The number of nitrogens with zero attached hydrogens (tertiary/aromatic N) is 2. The molecule has 0 radical (unpaired) electrons.